The molecule has 2 aliphatic heterocycles. The molecular weight excluding hydrogens is 371 g/mol. The zero-order valence-electron chi connectivity index (χ0n) is 16.7. The molecule has 3 fully saturated rings. The number of aliphatic imine (C=N–C) groups is 1. The van der Waals surface area contributed by atoms with Crippen LogP contribution in [-0.2, 0) is 11.3 Å². The number of fused-ring (bicyclic) bond motifs is 2. The van der Waals surface area contributed by atoms with Gasteiger partial charge in [-0.1, -0.05) is 12.1 Å². The lowest BCUT2D eigenvalue weighted by molar-refractivity contribution is -0.132. The van der Waals surface area contributed by atoms with E-state index < -0.39 is 5.54 Å². The minimum atomic E-state index is -0.665. The average Bonchev–Trinajstić information content (AvgIpc) is 3.23. The highest BCUT2D eigenvalue weighted by molar-refractivity contribution is 6.08. The third-order valence-electron chi connectivity index (χ3n) is 7.08. The molecule has 0 radical (unpaired) electrons. The SMILES string of the molecule is CC1=N[C@@]2(CC[C@@H]3CN(C(=O)NCc4cccc(F)c4)C[C@@H]32)C(=O)N1CC1CC1. The van der Waals surface area contributed by atoms with Crippen molar-refractivity contribution in [1.82, 2.24) is 15.1 Å². The Morgan fingerprint density at radius 3 is 2.90 bits per heavy atom. The van der Waals surface area contributed by atoms with Gasteiger partial charge in [-0.25, -0.2) is 9.18 Å². The van der Waals surface area contributed by atoms with Crippen molar-refractivity contribution in [3.63, 3.8) is 0 Å². The van der Waals surface area contributed by atoms with Crippen molar-refractivity contribution in [2.75, 3.05) is 19.6 Å². The Morgan fingerprint density at radius 2 is 2.14 bits per heavy atom. The van der Waals surface area contributed by atoms with E-state index in [4.69, 9.17) is 4.99 Å². The first-order valence-electron chi connectivity index (χ1n) is 10.6. The lowest BCUT2D eigenvalue weighted by Crippen LogP contribution is -2.48. The summed E-state index contributed by atoms with van der Waals surface area (Å²) >= 11 is 0. The highest BCUT2D eigenvalue weighted by Crippen LogP contribution is 2.50. The lowest BCUT2D eigenvalue weighted by Gasteiger charge is -2.28. The van der Waals surface area contributed by atoms with Gasteiger partial charge in [0.05, 0.1) is 0 Å². The maximum absolute atomic E-state index is 13.3. The van der Waals surface area contributed by atoms with Gasteiger partial charge in [0.2, 0.25) is 0 Å². The maximum atomic E-state index is 13.3. The van der Waals surface area contributed by atoms with E-state index in [9.17, 15) is 14.0 Å². The van der Waals surface area contributed by atoms with Crippen LogP contribution in [0.25, 0.3) is 0 Å². The number of carbonyl (C=O) groups excluding carboxylic acids is 2. The predicted octanol–water partition coefficient (Wildman–Crippen LogP) is 2.79. The Kier molecular flexibility index (Phi) is 4.37. The first-order valence-corrected chi connectivity index (χ1v) is 10.6. The number of likely N-dealkylation sites (tertiary alicyclic amines) is 1. The van der Waals surface area contributed by atoms with E-state index in [0.717, 1.165) is 30.8 Å². The quantitative estimate of drug-likeness (QED) is 0.848. The fourth-order valence-corrected chi connectivity index (χ4v) is 5.35. The van der Waals surface area contributed by atoms with Crippen molar-refractivity contribution in [1.29, 1.82) is 0 Å². The van der Waals surface area contributed by atoms with Crippen LogP contribution >= 0.6 is 0 Å². The summed E-state index contributed by atoms with van der Waals surface area (Å²) in [7, 11) is 0. The number of amides is 3. The second-order valence-electron chi connectivity index (χ2n) is 9.04. The molecule has 7 heteroatoms. The van der Waals surface area contributed by atoms with Gasteiger partial charge in [0.15, 0.2) is 0 Å². The Balaban J connectivity index is 1.25. The van der Waals surface area contributed by atoms with Gasteiger partial charge in [-0.05, 0) is 62.1 Å². The van der Waals surface area contributed by atoms with Crippen molar-refractivity contribution in [2.45, 2.75) is 44.7 Å². The fourth-order valence-electron chi connectivity index (χ4n) is 5.35. The van der Waals surface area contributed by atoms with Gasteiger partial charge < -0.3 is 10.2 Å². The number of nitrogens with zero attached hydrogens (tertiary/aromatic N) is 3. The van der Waals surface area contributed by atoms with Crippen molar-refractivity contribution >= 4 is 17.8 Å². The molecule has 1 saturated heterocycles. The van der Waals surface area contributed by atoms with Crippen LogP contribution in [-0.4, -0.2) is 52.7 Å². The Morgan fingerprint density at radius 1 is 1.31 bits per heavy atom. The third-order valence-corrected chi connectivity index (χ3v) is 7.08. The molecule has 1 aromatic rings. The average molecular weight is 398 g/mol. The first kappa shape index (κ1) is 18.6. The molecule has 6 nitrogen and oxygen atoms in total. The topological polar surface area (TPSA) is 65.0 Å². The zero-order chi connectivity index (χ0) is 20.2. The molecule has 1 spiro atoms. The molecule has 1 aromatic carbocycles. The van der Waals surface area contributed by atoms with Crippen molar-refractivity contribution in [3.8, 4) is 0 Å². The van der Waals surface area contributed by atoms with E-state index >= 15 is 0 Å². The summed E-state index contributed by atoms with van der Waals surface area (Å²) in [5, 5.41) is 2.89. The fraction of sp³-hybridized carbons (Fsp3) is 0.591. The number of halogens is 1. The van der Waals surface area contributed by atoms with E-state index in [1.165, 1.54) is 25.0 Å². The minimum absolute atomic E-state index is 0.0917. The van der Waals surface area contributed by atoms with E-state index in [0.29, 0.717) is 31.5 Å². The molecule has 5 rings (SSSR count). The van der Waals surface area contributed by atoms with Crippen molar-refractivity contribution < 1.29 is 14.0 Å². The van der Waals surface area contributed by atoms with Gasteiger partial charge >= 0.3 is 6.03 Å². The van der Waals surface area contributed by atoms with Crippen LogP contribution < -0.4 is 5.32 Å². The second kappa shape index (κ2) is 6.82. The van der Waals surface area contributed by atoms with Crippen LogP contribution in [0.4, 0.5) is 9.18 Å². The summed E-state index contributed by atoms with van der Waals surface area (Å²) in [6, 6.07) is 6.09. The van der Waals surface area contributed by atoms with Crippen molar-refractivity contribution in [2.24, 2.45) is 22.7 Å². The number of hydrogen-bond acceptors (Lipinski definition) is 3. The lowest BCUT2D eigenvalue weighted by atomic mass is 9.85. The minimum Gasteiger partial charge on any atom is -0.334 e. The largest absolute Gasteiger partial charge is 0.334 e. The predicted molar refractivity (Wildman–Crippen MR) is 107 cm³/mol. The van der Waals surface area contributed by atoms with Crippen LogP contribution in [0, 0.1) is 23.6 Å². The van der Waals surface area contributed by atoms with Gasteiger partial charge in [-0.2, -0.15) is 0 Å². The molecule has 0 unspecified atom stereocenters. The number of urea groups is 1. The van der Waals surface area contributed by atoms with Gasteiger partial charge in [-0.3, -0.25) is 14.7 Å². The summed E-state index contributed by atoms with van der Waals surface area (Å²) in [4.78, 5) is 34.6. The first-order chi connectivity index (χ1) is 14.0. The summed E-state index contributed by atoms with van der Waals surface area (Å²) < 4.78 is 13.3. The second-order valence-corrected chi connectivity index (χ2v) is 9.04. The third kappa shape index (κ3) is 3.20. The van der Waals surface area contributed by atoms with Crippen molar-refractivity contribution in [3.05, 3.63) is 35.6 Å². The van der Waals surface area contributed by atoms with E-state index in [1.54, 1.807) is 17.0 Å². The smallest absolute Gasteiger partial charge is 0.317 e. The van der Waals surface area contributed by atoms with Crippen LogP contribution in [0.5, 0.6) is 0 Å². The number of nitrogens with one attached hydrogen (secondary N) is 1. The molecule has 3 amide bonds. The number of hydrogen-bond donors (Lipinski definition) is 1. The summed E-state index contributed by atoms with van der Waals surface area (Å²) in [6.07, 6.45) is 4.13. The monoisotopic (exact) mass is 398 g/mol. The summed E-state index contributed by atoms with van der Waals surface area (Å²) in [5.41, 5.74) is 0.0671. The Bertz CT molecular complexity index is 883. The molecule has 29 heavy (non-hydrogen) atoms. The number of carbonyl (C=O) groups is 2. The summed E-state index contributed by atoms with van der Waals surface area (Å²) in [5.74, 6) is 1.72. The molecule has 154 valence electrons. The van der Waals surface area contributed by atoms with Gasteiger partial charge in [0, 0.05) is 32.1 Å². The highest BCUT2D eigenvalue weighted by Gasteiger charge is 2.61. The van der Waals surface area contributed by atoms with E-state index in [1.807, 2.05) is 11.8 Å². The molecule has 4 aliphatic rings. The molecule has 2 aliphatic carbocycles. The van der Waals surface area contributed by atoms with E-state index in [2.05, 4.69) is 5.32 Å². The van der Waals surface area contributed by atoms with E-state index in [-0.39, 0.29) is 23.7 Å². The molecule has 2 saturated carbocycles. The molecule has 0 aromatic heterocycles. The maximum Gasteiger partial charge on any atom is 0.317 e. The number of benzene rings is 1. The van der Waals surface area contributed by atoms with Gasteiger partial charge in [0.1, 0.15) is 17.2 Å². The zero-order valence-corrected chi connectivity index (χ0v) is 16.7. The summed E-state index contributed by atoms with van der Waals surface area (Å²) in [6.45, 7) is 4.25. The van der Waals surface area contributed by atoms with Gasteiger partial charge in [0.25, 0.3) is 5.91 Å². The van der Waals surface area contributed by atoms with Crippen LogP contribution in [0.1, 0.15) is 38.2 Å². The number of rotatable bonds is 4. The molecule has 2 heterocycles. The Hall–Kier alpha value is -2.44. The molecule has 1 N–H and O–H groups in total. The highest BCUT2D eigenvalue weighted by atomic mass is 19.1. The number of amidine groups is 1. The molecule has 0 bridgehead atoms. The molecular formula is C22H27FN4O2. The molecule has 3 atom stereocenters. The van der Waals surface area contributed by atoms with Crippen LogP contribution in [0.3, 0.4) is 0 Å². The Labute approximate surface area is 170 Å². The van der Waals surface area contributed by atoms with Crippen LogP contribution in [0.2, 0.25) is 0 Å². The van der Waals surface area contributed by atoms with Crippen LogP contribution in [0.15, 0.2) is 29.3 Å². The normalized spacial score (nSPS) is 30.8. The van der Waals surface area contributed by atoms with Gasteiger partial charge in [-0.15, -0.1) is 0 Å². The standard InChI is InChI=1S/C22H27FN4O2/c1-14-25-22(20(28)27(14)11-15-5-6-15)8-7-17-12-26(13-19(17)22)21(29)24-10-16-3-2-4-18(23)9-16/h2-4,9,15,17,19H,5-8,10-13H2,1H3,(H,24,29)/t17-,19+,22-/m1/s1.